The van der Waals surface area contributed by atoms with Crippen LogP contribution in [0, 0.1) is 5.92 Å². The Bertz CT molecular complexity index is 975. The molecule has 1 saturated carbocycles. The summed E-state index contributed by atoms with van der Waals surface area (Å²) >= 11 is 0. The van der Waals surface area contributed by atoms with Crippen LogP contribution in [0.3, 0.4) is 0 Å². The third kappa shape index (κ3) is 3.28. The predicted octanol–water partition coefficient (Wildman–Crippen LogP) is 1.84. The van der Waals surface area contributed by atoms with E-state index in [9.17, 15) is 21.6 Å². The number of rotatable bonds is 4. The molecule has 1 aliphatic heterocycles. The molecule has 0 amide bonds. The van der Waals surface area contributed by atoms with Crippen molar-refractivity contribution in [3.8, 4) is 0 Å². The first-order chi connectivity index (χ1) is 12.2. The molecule has 1 heterocycles. The topological polar surface area (TPSA) is 113 Å². The van der Waals surface area contributed by atoms with Crippen molar-refractivity contribution in [2.24, 2.45) is 10.3 Å². The van der Waals surface area contributed by atoms with Crippen LogP contribution >= 0.6 is 0 Å². The summed E-state index contributed by atoms with van der Waals surface area (Å²) in [7, 11) is -5.32. The molecule has 1 N–H and O–H groups in total. The van der Waals surface area contributed by atoms with Crippen LogP contribution in [-0.4, -0.2) is 47.4 Å². The highest BCUT2D eigenvalue weighted by Gasteiger charge is 2.33. The van der Waals surface area contributed by atoms with Gasteiger partial charge in [0, 0.05) is 25.6 Å². The Hall–Kier alpha value is -1.78. The van der Waals surface area contributed by atoms with Gasteiger partial charge in [0.05, 0.1) is 10.6 Å². The number of nitrogens with zero attached hydrogens (tertiary/aromatic N) is 2. The van der Waals surface area contributed by atoms with E-state index in [4.69, 9.17) is 0 Å². The van der Waals surface area contributed by atoms with Gasteiger partial charge < -0.3 is 5.32 Å². The Morgan fingerprint density at radius 1 is 1.19 bits per heavy atom. The molecule has 1 aliphatic carbocycles. The van der Waals surface area contributed by atoms with Crippen molar-refractivity contribution in [1.82, 2.24) is 4.31 Å². The summed E-state index contributed by atoms with van der Waals surface area (Å²) in [5.41, 5.74) is 0.0861. The third-order valence-corrected chi connectivity index (χ3v) is 7.86. The highest BCUT2D eigenvalue weighted by Crippen LogP contribution is 2.36. The van der Waals surface area contributed by atoms with Crippen molar-refractivity contribution in [2.45, 2.75) is 41.9 Å². The molecule has 0 aromatic heterocycles. The molecule has 0 atom stereocenters. The first kappa shape index (κ1) is 19.0. The van der Waals surface area contributed by atoms with E-state index in [0.29, 0.717) is 12.1 Å². The van der Waals surface area contributed by atoms with E-state index >= 15 is 0 Å². The normalized spacial score (nSPS) is 20.2. The van der Waals surface area contributed by atoms with Gasteiger partial charge in [0.2, 0.25) is 10.0 Å². The van der Waals surface area contributed by atoms with Gasteiger partial charge in [-0.15, -0.1) is 4.40 Å². The number of hydrogen-bond donors (Lipinski definition) is 1. The zero-order valence-electron chi connectivity index (χ0n) is 14.6. The Kier molecular flexibility index (Phi) is 4.93. The van der Waals surface area contributed by atoms with Gasteiger partial charge in [-0.25, -0.2) is 12.7 Å². The number of amidine groups is 1. The van der Waals surface area contributed by atoms with Crippen molar-refractivity contribution in [3.05, 3.63) is 17.7 Å². The molecular weight excluding hydrogens is 378 g/mol. The summed E-state index contributed by atoms with van der Waals surface area (Å²) < 4.78 is 55.0. The van der Waals surface area contributed by atoms with Crippen molar-refractivity contribution in [1.29, 1.82) is 0 Å². The molecule has 26 heavy (non-hydrogen) atoms. The van der Waals surface area contributed by atoms with Crippen molar-refractivity contribution < 1.29 is 21.6 Å². The number of fused-ring (bicyclic) bond motifs is 1. The lowest BCUT2D eigenvalue weighted by Crippen LogP contribution is -2.31. The van der Waals surface area contributed by atoms with Crippen molar-refractivity contribution in [2.75, 3.05) is 19.4 Å². The SMILES string of the molecule is CN(C)S(=O)(=O)c1cc(C=O)c2c(c1)S(=O)(=O)N=C(C1CCCCC1)N2. The van der Waals surface area contributed by atoms with Gasteiger partial charge in [-0.3, -0.25) is 4.79 Å². The average Bonchev–Trinajstić information content (AvgIpc) is 2.61. The molecule has 8 nitrogen and oxygen atoms in total. The second kappa shape index (κ2) is 6.75. The lowest BCUT2D eigenvalue weighted by molar-refractivity contribution is 0.112. The largest absolute Gasteiger partial charge is 0.341 e. The Morgan fingerprint density at radius 2 is 1.85 bits per heavy atom. The fourth-order valence-corrected chi connectivity index (χ4v) is 5.58. The number of anilines is 1. The molecule has 1 fully saturated rings. The average molecular weight is 399 g/mol. The van der Waals surface area contributed by atoms with Crippen molar-refractivity contribution in [3.63, 3.8) is 0 Å². The van der Waals surface area contributed by atoms with Gasteiger partial charge in [-0.1, -0.05) is 19.3 Å². The van der Waals surface area contributed by atoms with E-state index in [1.807, 2.05) is 0 Å². The number of sulfonamides is 2. The van der Waals surface area contributed by atoms with Crippen LogP contribution in [0.2, 0.25) is 0 Å². The maximum absolute atomic E-state index is 12.7. The second-order valence-corrected chi connectivity index (χ2v) is 10.4. The Balaban J connectivity index is 2.15. The van der Waals surface area contributed by atoms with Gasteiger partial charge in [-0.2, -0.15) is 8.42 Å². The first-order valence-electron chi connectivity index (χ1n) is 8.34. The molecule has 142 valence electrons. The van der Waals surface area contributed by atoms with Crippen LogP contribution < -0.4 is 5.32 Å². The van der Waals surface area contributed by atoms with Gasteiger partial charge in [0.15, 0.2) is 6.29 Å². The van der Waals surface area contributed by atoms with Gasteiger partial charge in [0.1, 0.15) is 10.7 Å². The molecule has 0 spiro atoms. The predicted molar refractivity (Wildman–Crippen MR) is 97.5 cm³/mol. The van der Waals surface area contributed by atoms with Gasteiger partial charge in [-0.05, 0) is 25.0 Å². The number of aldehydes is 1. The number of carbonyl (C=O) groups excluding carboxylic acids is 1. The molecule has 0 bridgehead atoms. The van der Waals surface area contributed by atoms with E-state index in [-0.39, 0.29) is 27.0 Å². The number of carbonyl (C=O) groups is 1. The molecular formula is C16H21N3O5S2. The van der Waals surface area contributed by atoms with Crippen LogP contribution in [-0.2, 0) is 20.0 Å². The fourth-order valence-electron chi connectivity index (χ4n) is 3.28. The summed E-state index contributed by atoms with van der Waals surface area (Å²) in [4.78, 5) is 11.0. The van der Waals surface area contributed by atoms with Crippen LogP contribution in [0.15, 0.2) is 26.3 Å². The number of nitrogens with one attached hydrogen (secondary N) is 1. The second-order valence-electron chi connectivity index (χ2n) is 6.70. The molecule has 2 aliphatic rings. The van der Waals surface area contributed by atoms with Crippen LogP contribution in [0.5, 0.6) is 0 Å². The smallest absolute Gasteiger partial charge is 0.286 e. The van der Waals surface area contributed by atoms with E-state index in [1.54, 1.807) is 0 Å². The first-order valence-corrected chi connectivity index (χ1v) is 11.2. The molecule has 1 aromatic rings. The zero-order chi connectivity index (χ0) is 19.1. The van der Waals surface area contributed by atoms with Gasteiger partial charge >= 0.3 is 0 Å². The molecule has 0 saturated heterocycles. The van der Waals surface area contributed by atoms with Crippen LogP contribution in [0.1, 0.15) is 42.5 Å². The zero-order valence-corrected chi connectivity index (χ0v) is 16.2. The molecule has 0 radical (unpaired) electrons. The highest BCUT2D eigenvalue weighted by molar-refractivity contribution is 7.91. The maximum atomic E-state index is 12.7. The van der Waals surface area contributed by atoms with Crippen LogP contribution in [0.25, 0.3) is 0 Å². The summed E-state index contributed by atoms with van der Waals surface area (Å²) in [5, 5.41) is 2.98. The fraction of sp³-hybridized carbons (Fsp3) is 0.500. The van der Waals surface area contributed by atoms with Gasteiger partial charge in [0.25, 0.3) is 10.0 Å². The molecule has 10 heteroatoms. The third-order valence-electron chi connectivity index (χ3n) is 4.75. The highest BCUT2D eigenvalue weighted by atomic mass is 32.2. The number of hydrogen-bond acceptors (Lipinski definition) is 6. The minimum Gasteiger partial charge on any atom is -0.341 e. The summed E-state index contributed by atoms with van der Waals surface area (Å²) in [6, 6.07) is 2.24. The standard InChI is InChI=1S/C16H21N3O5S2/c1-19(2)26(23,24)13-8-12(10-20)15-14(9-13)25(21,22)18-16(17-15)11-6-4-3-5-7-11/h8-11H,3-7H2,1-2H3,(H,17,18). The minimum absolute atomic E-state index is 0.00337. The summed E-state index contributed by atoms with van der Waals surface area (Å²) in [6.45, 7) is 0. The van der Waals surface area contributed by atoms with E-state index < -0.39 is 20.0 Å². The lowest BCUT2D eigenvalue weighted by atomic mass is 9.88. The molecule has 3 rings (SSSR count). The number of benzene rings is 1. The Labute approximate surface area is 153 Å². The molecule has 1 aromatic carbocycles. The van der Waals surface area contributed by atoms with Crippen LogP contribution in [0.4, 0.5) is 5.69 Å². The van der Waals surface area contributed by atoms with Crippen molar-refractivity contribution >= 4 is 37.9 Å². The molecule has 0 unspecified atom stereocenters. The Morgan fingerprint density at radius 3 is 2.42 bits per heavy atom. The summed E-state index contributed by atoms with van der Waals surface area (Å²) in [5.74, 6) is 0.333. The summed E-state index contributed by atoms with van der Waals surface area (Å²) in [6.07, 6.45) is 5.23. The quantitative estimate of drug-likeness (QED) is 0.773. The monoisotopic (exact) mass is 399 g/mol. The maximum Gasteiger partial charge on any atom is 0.286 e. The minimum atomic E-state index is -4.10. The van der Waals surface area contributed by atoms with E-state index in [0.717, 1.165) is 42.5 Å². The van der Waals surface area contributed by atoms with E-state index in [1.165, 1.54) is 20.2 Å². The van der Waals surface area contributed by atoms with E-state index in [2.05, 4.69) is 9.71 Å². The lowest BCUT2D eigenvalue weighted by Gasteiger charge is -2.28.